The number of nitrogens with one attached hydrogen (secondary N) is 1. The van der Waals surface area contributed by atoms with Crippen molar-refractivity contribution in [1.29, 1.82) is 5.26 Å². The predicted molar refractivity (Wildman–Crippen MR) is 79.4 cm³/mol. The van der Waals surface area contributed by atoms with Crippen LogP contribution in [0.5, 0.6) is 0 Å². The molecule has 0 aliphatic carbocycles. The lowest BCUT2D eigenvalue weighted by atomic mass is 10.0. The van der Waals surface area contributed by atoms with E-state index in [1.807, 2.05) is 13.0 Å². The highest BCUT2D eigenvalue weighted by Gasteiger charge is 2.17. The minimum Gasteiger partial charge on any atom is -0.369 e. The van der Waals surface area contributed by atoms with Gasteiger partial charge < -0.3 is 10.2 Å². The number of aryl methyl sites for hydroxylation is 1. The van der Waals surface area contributed by atoms with Crippen LogP contribution in [0.1, 0.15) is 37.3 Å². The van der Waals surface area contributed by atoms with Crippen LogP contribution in [0.25, 0.3) is 0 Å². The molecule has 1 fully saturated rings. The second-order valence-corrected chi connectivity index (χ2v) is 5.32. The number of hydrogen-bond acceptors (Lipinski definition) is 3. The molecule has 0 bridgehead atoms. The highest BCUT2D eigenvalue weighted by Crippen LogP contribution is 2.22. The summed E-state index contributed by atoms with van der Waals surface area (Å²) >= 11 is 0. The Balaban J connectivity index is 2.14. The molecule has 3 nitrogen and oxygen atoms in total. The fraction of sp³-hybridized carbons (Fsp3) is 0.562. The highest BCUT2D eigenvalue weighted by atomic mass is 15.2. The molecule has 0 radical (unpaired) electrons. The van der Waals surface area contributed by atoms with Gasteiger partial charge in [-0.25, -0.2) is 0 Å². The van der Waals surface area contributed by atoms with Gasteiger partial charge in [-0.05, 0) is 50.9 Å². The third-order valence-corrected chi connectivity index (χ3v) is 3.85. The van der Waals surface area contributed by atoms with Gasteiger partial charge in [0.2, 0.25) is 0 Å². The van der Waals surface area contributed by atoms with Gasteiger partial charge in [-0.3, -0.25) is 0 Å². The van der Waals surface area contributed by atoms with Crippen molar-refractivity contribution in [2.75, 3.05) is 24.5 Å². The third-order valence-electron chi connectivity index (χ3n) is 3.85. The molecule has 1 aromatic carbocycles. The smallest absolute Gasteiger partial charge is 0.101 e. The van der Waals surface area contributed by atoms with Gasteiger partial charge in [-0.1, -0.05) is 12.5 Å². The Kier molecular flexibility index (Phi) is 4.81. The van der Waals surface area contributed by atoms with E-state index in [-0.39, 0.29) is 0 Å². The molecule has 19 heavy (non-hydrogen) atoms. The Hall–Kier alpha value is -1.53. The fourth-order valence-electron chi connectivity index (χ4n) is 2.76. The first kappa shape index (κ1) is 13.9. The molecule has 0 saturated carbocycles. The average molecular weight is 257 g/mol. The first-order valence-electron chi connectivity index (χ1n) is 7.23. The minimum atomic E-state index is 0.557. The standard InChI is InChI=1S/C16H23N3/c1-3-19(12-15-6-4-5-9-18-15)16-8-7-13(2)10-14(16)11-17/h7-8,10,15,18H,3-6,9,12H2,1-2H3. The van der Waals surface area contributed by atoms with Gasteiger partial charge in [-0.2, -0.15) is 5.26 Å². The summed E-state index contributed by atoms with van der Waals surface area (Å²) in [6.45, 7) is 7.25. The number of hydrogen-bond donors (Lipinski definition) is 1. The minimum absolute atomic E-state index is 0.557. The topological polar surface area (TPSA) is 39.1 Å². The number of nitriles is 1. The monoisotopic (exact) mass is 257 g/mol. The van der Waals surface area contributed by atoms with Crippen molar-refractivity contribution in [1.82, 2.24) is 5.32 Å². The maximum atomic E-state index is 9.30. The molecule has 1 saturated heterocycles. The number of anilines is 1. The van der Waals surface area contributed by atoms with Crippen LogP contribution in [0.4, 0.5) is 5.69 Å². The zero-order valence-electron chi connectivity index (χ0n) is 11.9. The lowest BCUT2D eigenvalue weighted by Crippen LogP contribution is -2.44. The van der Waals surface area contributed by atoms with Crippen molar-refractivity contribution in [3.05, 3.63) is 29.3 Å². The van der Waals surface area contributed by atoms with E-state index >= 15 is 0 Å². The van der Waals surface area contributed by atoms with Crippen LogP contribution in [-0.2, 0) is 0 Å². The first-order valence-corrected chi connectivity index (χ1v) is 7.23. The summed E-state index contributed by atoms with van der Waals surface area (Å²) in [6.07, 6.45) is 3.84. The highest BCUT2D eigenvalue weighted by molar-refractivity contribution is 5.60. The Morgan fingerprint density at radius 3 is 2.89 bits per heavy atom. The lowest BCUT2D eigenvalue weighted by Gasteiger charge is -2.31. The third kappa shape index (κ3) is 3.48. The van der Waals surface area contributed by atoms with Crippen LogP contribution in [0.3, 0.4) is 0 Å². The van der Waals surface area contributed by atoms with Gasteiger partial charge in [0, 0.05) is 19.1 Å². The zero-order chi connectivity index (χ0) is 13.7. The van der Waals surface area contributed by atoms with Gasteiger partial charge >= 0.3 is 0 Å². The Morgan fingerprint density at radius 1 is 1.42 bits per heavy atom. The van der Waals surface area contributed by atoms with Crippen LogP contribution in [0.2, 0.25) is 0 Å². The molecule has 1 heterocycles. The van der Waals surface area contributed by atoms with E-state index in [1.54, 1.807) is 0 Å². The zero-order valence-corrected chi connectivity index (χ0v) is 11.9. The summed E-state index contributed by atoms with van der Waals surface area (Å²) < 4.78 is 0. The molecule has 1 aliphatic heterocycles. The molecule has 0 spiro atoms. The number of rotatable bonds is 4. The summed E-state index contributed by atoms with van der Waals surface area (Å²) in [7, 11) is 0. The van der Waals surface area contributed by atoms with Crippen molar-refractivity contribution in [3.8, 4) is 6.07 Å². The second-order valence-electron chi connectivity index (χ2n) is 5.32. The van der Waals surface area contributed by atoms with Crippen LogP contribution in [-0.4, -0.2) is 25.7 Å². The molecule has 2 rings (SSSR count). The van der Waals surface area contributed by atoms with E-state index in [4.69, 9.17) is 0 Å². The quantitative estimate of drug-likeness (QED) is 0.901. The molecule has 0 aromatic heterocycles. The van der Waals surface area contributed by atoms with Gasteiger partial charge in [0.05, 0.1) is 11.3 Å². The van der Waals surface area contributed by atoms with Crippen LogP contribution < -0.4 is 10.2 Å². The number of benzene rings is 1. The van der Waals surface area contributed by atoms with E-state index in [0.29, 0.717) is 6.04 Å². The number of nitrogens with zero attached hydrogens (tertiary/aromatic N) is 2. The summed E-state index contributed by atoms with van der Waals surface area (Å²) in [5.41, 5.74) is 3.01. The largest absolute Gasteiger partial charge is 0.369 e. The van der Waals surface area contributed by atoms with Crippen molar-refractivity contribution in [2.24, 2.45) is 0 Å². The average Bonchev–Trinajstić information content (AvgIpc) is 2.46. The molecule has 1 aliphatic rings. The van der Waals surface area contributed by atoms with E-state index in [2.05, 4.69) is 35.3 Å². The van der Waals surface area contributed by atoms with Crippen molar-refractivity contribution < 1.29 is 0 Å². The SMILES string of the molecule is CCN(CC1CCCCN1)c1ccc(C)cc1C#N. The maximum Gasteiger partial charge on any atom is 0.101 e. The van der Waals surface area contributed by atoms with E-state index in [0.717, 1.165) is 36.4 Å². The van der Waals surface area contributed by atoms with Gasteiger partial charge in [-0.15, -0.1) is 0 Å². The molecule has 1 unspecified atom stereocenters. The van der Waals surface area contributed by atoms with Crippen LogP contribution >= 0.6 is 0 Å². The molecular formula is C16H23N3. The molecule has 102 valence electrons. The predicted octanol–water partition coefficient (Wildman–Crippen LogP) is 2.84. The molecule has 0 amide bonds. The summed E-state index contributed by atoms with van der Waals surface area (Å²) in [4.78, 5) is 2.32. The summed E-state index contributed by atoms with van der Waals surface area (Å²) in [5, 5.41) is 12.9. The molecule has 3 heteroatoms. The Labute approximate surface area is 116 Å². The van der Waals surface area contributed by atoms with Crippen molar-refractivity contribution >= 4 is 5.69 Å². The van der Waals surface area contributed by atoms with Crippen molar-refractivity contribution in [2.45, 2.75) is 39.2 Å². The van der Waals surface area contributed by atoms with Gasteiger partial charge in [0.15, 0.2) is 0 Å². The summed E-state index contributed by atoms with van der Waals surface area (Å²) in [6, 6.07) is 9.04. The Morgan fingerprint density at radius 2 is 2.26 bits per heavy atom. The normalized spacial score (nSPS) is 18.9. The van der Waals surface area contributed by atoms with E-state index < -0.39 is 0 Å². The van der Waals surface area contributed by atoms with Crippen molar-refractivity contribution in [3.63, 3.8) is 0 Å². The number of piperidine rings is 1. The van der Waals surface area contributed by atoms with Crippen LogP contribution in [0.15, 0.2) is 18.2 Å². The fourth-order valence-corrected chi connectivity index (χ4v) is 2.76. The molecule has 1 aromatic rings. The van der Waals surface area contributed by atoms with Gasteiger partial charge in [0.1, 0.15) is 6.07 Å². The molecule has 1 N–H and O–H groups in total. The Bertz CT molecular complexity index is 456. The first-order chi connectivity index (χ1) is 9.24. The molecule has 1 atom stereocenters. The number of likely N-dealkylation sites (N-methyl/N-ethyl adjacent to an activating group) is 1. The summed E-state index contributed by atoms with van der Waals surface area (Å²) in [5.74, 6) is 0. The maximum absolute atomic E-state index is 9.30. The molecular weight excluding hydrogens is 234 g/mol. The lowest BCUT2D eigenvalue weighted by molar-refractivity contribution is 0.400. The van der Waals surface area contributed by atoms with E-state index in [9.17, 15) is 5.26 Å². The van der Waals surface area contributed by atoms with E-state index in [1.165, 1.54) is 19.3 Å². The van der Waals surface area contributed by atoms with Crippen LogP contribution in [0, 0.1) is 18.3 Å². The van der Waals surface area contributed by atoms with Gasteiger partial charge in [0.25, 0.3) is 0 Å². The second kappa shape index (κ2) is 6.58.